The van der Waals surface area contributed by atoms with E-state index in [0.29, 0.717) is 6.04 Å². The lowest BCUT2D eigenvalue weighted by Crippen LogP contribution is -2.48. The third-order valence-electron chi connectivity index (χ3n) is 4.10. The Morgan fingerprint density at radius 2 is 2.08 bits per heavy atom. The molecule has 0 saturated carbocycles. The number of hydrogen-bond donors (Lipinski definition) is 2. The Morgan fingerprint density at radius 1 is 1.29 bits per heavy atom. The van der Waals surface area contributed by atoms with Gasteiger partial charge >= 0.3 is 0 Å². The molecular formula is C17H25IN4S2. The van der Waals surface area contributed by atoms with Gasteiger partial charge in [0, 0.05) is 35.9 Å². The van der Waals surface area contributed by atoms with E-state index in [1.54, 1.807) is 0 Å². The van der Waals surface area contributed by atoms with Crippen LogP contribution in [-0.4, -0.2) is 32.1 Å². The van der Waals surface area contributed by atoms with Crippen molar-refractivity contribution in [2.75, 3.05) is 25.0 Å². The summed E-state index contributed by atoms with van der Waals surface area (Å²) in [5.41, 5.74) is 0. The van der Waals surface area contributed by atoms with E-state index in [-0.39, 0.29) is 24.0 Å². The summed E-state index contributed by atoms with van der Waals surface area (Å²) in [7, 11) is 1.84. The highest BCUT2D eigenvalue weighted by molar-refractivity contribution is 14.0. The Hall–Kier alpha value is -0.800. The number of aliphatic imine (C=N–C) groups is 1. The molecule has 4 nitrogen and oxygen atoms in total. The molecule has 3 heterocycles. The summed E-state index contributed by atoms with van der Waals surface area (Å²) in [6, 6.07) is 9.19. The first-order chi connectivity index (χ1) is 11.2. The molecule has 24 heavy (non-hydrogen) atoms. The standard InChI is InChI=1S/C17H24N4S2.HI/c1-13-5-6-15(23-13)12-19-17(18-2)20-14-7-9-21(10-8-14)16-4-3-11-22-16;/h3-6,11,14H,7-10,12H2,1-2H3,(H2,18,19,20);1H. The first-order valence-corrected chi connectivity index (χ1v) is 9.75. The van der Waals surface area contributed by atoms with Crippen LogP contribution in [0.25, 0.3) is 0 Å². The molecule has 0 bridgehead atoms. The fourth-order valence-electron chi connectivity index (χ4n) is 2.83. The molecule has 2 aromatic heterocycles. The number of piperidine rings is 1. The minimum absolute atomic E-state index is 0. The lowest BCUT2D eigenvalue weighted by molar-refractivity contribution is 0.463. The number of nitrogens with one attached hydrogen (secondary N) is 2. The highest BCUT2D eigenvalue weighted by Crippen LogP contribution is 2.24. The predicted molar refractivity (Wildman–Crippen MR) is 117 cm³/mol. The highest BCUT2D eigenvalue weighted by Gasteiger charge is 2.20. The van der Waals surface area contributed by atoms with E-state index in [1.807, 2.05) is 29.7 Å². The Bertz CT molecular complexity index is 631. The summed E-state index contributed by atoms with van der Waals surface area (Å²) in [6.07, 6.45) is 2.30. The zero-order valence-corrected chi connectivity index (χ0v) is 18.1. The van der Waals surface area contributed by atoms with E-state index in [1.165, 1.54) is 14.8 Å². The number of nitrogens with zero attached hydrogens (tertiary/aromatic N) is 2. The average molecular weight is 476 g/mol. The van der Waals surface area contributed by atoms with Gasteiger partial charge in [0.15, 0.2) is 5.96 Å². The van der Waals surface area contributed by atoms with Gasteiger partial charge in [-0.05, 0) is 49.4 Å². The maximum absolute atomic E-state index is 4.36. The fraction of sp³-hybridized carbons (Fsp3) is 0.471. The van der Waals surface area contributed by atoms with Gasteiger partial charge in [-0.25, -0.2) is 0 Å². The van der Waals surface area contributed by atoms with Gasteiger partial charge in [0.25, 0.3) is 0 Å². The third-order valence-corrected chi connectivity index (χ3v) is 6.03. The fourth-order valence-corrected chi connectivity index (χ4v) is 4.45. The van der Waals surface area contributed by atoms with Crippen LogP contribution in [0.2, 0.25) is 0 Å². The van der Waals surface area contributed by atoms with Crippen molar-refractivity contribution in [2.24, 2.45) is 4.99 Å². The smallest absolute Gasteiger partial charge is 0.191 e. The maximum Gasteiger partial charge on any atom is 0.191 e. The monoisotopic (exact) mass is 476 g/mol. The van der Waals surface area contributed by atoms with Crippen LogP contribution in [0.3, 0.4) is 0 Å². The van der Waals surface area contributed by atoms with Crippen molar-refractivity contribution in [3.63, 3.8) is 0 Å². The van der Waals surface area contributed by atoms with Crippen LogP contribution in [-0.2, 0) is 6.54 Å². The average Bonchev–Trinajstić information content (AvgIpc) is 3.24. The Morgan fingerprint density at radius 3 is 2.67 bits per heavy atom. The molecular weight excluding hydrogens is 451 g/mol. The number of guanidine groups is 1. The topological polar surface area (TPSA) is 39.7 Å². The van der Waals surface area contributed by atoms with Crippen molar-refractivity contribution < 1.29 is 0 Å². The number of hydrogen-bond acceptors (Lipinski definition) is 4. The predicted octanol–water partition coefficient (Wildman–Crippen LogP) is 4.07. The summed E-state index contributed by atoms with van der Waals surface area (Å²) in [4.78, 5) is 9.54. The van der Waals surface area contributed by atoms with E-state index >= 15 is 0 Å². The van der Waals surface area contributed by atoms with Crippen LogP contribution in [0, 0.1) is 6.92 Å². The number of aryl methyl sites for hydroxylation is 1. The second-order valence-corrected chi connectivity index (χ2v) is 8.09. The summed E-state index contributed by atoms with van der Waals surface area (Å²) >= 11 is 3.66. The SMILES string of the molecule is CN=C(NCc1ccc(C)s1)NC1CCN(c2cccs2)CC1.I. The van der Waals surface area contributed by atoms with Crippen LogP contribution in [0.5, 0.6) is 0 Å². The lowest BCUT2D eigenvalue weighted by atomic mass is 10.1. The van der Waals surface area contributed by atoms with Crippen molar-refractivity contribution in [1.82, 2.24) is 10.6 Å². The highest BCUT2D eigenvalue weighted by atomic mass is 127. The van der Waals surface area contributed by atoms with Gasteiger partial charge in [-0.3, -0.25) is 4.99 Å². The van der Waals surface area contributed by atoms with Crippen LogP contribution in [0.15, 0.2) is 34.6 Å². The summed E-state index contributed by atoms with van der Waals surface area (Å²) in [6.45, 7) is 5.20. The third kappa shape index (κ3) is 5.35. The van der Waals surface area contributed by atoms with Gasteiger partial charge in [-0.1, -0.05) is 0 Å². The molecule has 2 aromatic rings. The summed E-state index contributed by atoms with van der Waals surface area (Å²) < 4.78 is 0. The van der Waals surface area contributed by atoms with Crippen LogP contribution in [0.1, 0.15) is 22.6 Å². The molecule has 3 rings (SSSR count). The number of thiophene rings is 2. The molecule has 1 aliphatic heterocycles. The zero-order chi connectivity index (χ0) is 16.1. The summed E-state index contributed by atoms with van der Waals surface area (Å²) in [5, 5.41) is 10.5. The number of anilines is 1. The van der Waals surface area contributed by atoms with E-state index in [2.05, 4.69) is 57.1 Å². The van der Waals surface area contributed by atoms with Gasteiger partial charge in [0.05, 0.1) is 11.5 Å². The van der Waals surface area contributed by atoms with Crippen LogP contribution >= 0.6 is 46.7 Å². The molecule has 132 valence electrons. The quantitative estimate of drug-likeness (QED) is 0.397. The normalized spacial score (nSPS) is 15.9. The lowest BCUT2D eigenvalue weighted by Gasteiger charge is -2.33. The minimum atomic E-state index is 0. The molecule has 0 atom stereocenters. The molecule has 0 aliphatic carbocycles. The largest absolute Gasteiger partial charge is 0.363 e. The van der Waals surface area contributed by atoms with Gasteiger partial charge in [0.2, 0.25) is 0 Å². The number of halogens is 1. The molecule has 1 fully saturated rings. The van der Waals surface area contributed by atoms with E-state index < -0.39 is 0 Å². The first-order valence-electron chi connectivity index (χ1n) is 8.05. The van der Waals surface area contributed by atoms with Crippen molar-refractivity contribution in [3.05, 3.63) is 39.4 Å². The molecule has 0 unspecified atom stereocenters. The molecule has 0 spiro atoms. The molecule has 0 amide bonds. The Balaban J connectivity index is 0.00000208. The Kier molecular flexibility index (Phi) is 7.83. The first kappa shape index (κ1) is 19.5. The zero-order valence-electron chi connectivity index (χ0n) is 14.1. The molecule has 1 aliphatic rings. The Labute approximate surface area is 169 Å². The van der Waals surface area contributed by atoms with Crippen molar-refractivity contribution in [1.29, 1.82) is 0 Å². The van der Waals surface area contributed by atoms with Crippen molar-refractivity contribution in [2.45, 2.75) is 32.4 Å². The second kappa shape index (κ2) is 9.62. The second-order valence-electron chi connectivity index (χ2n) is 5.80. The van der Waals surface area contributed by atoms with Gasteiger partial charge in [0.1, 0.15) is 0 Å². The van der Waals surface area contributed by atoms with Gasteiger partial charge in [-0.15, -0.1) is 46.7 Å². The molecule has 7 heteroatoms. The van der Waals surface area contributed by atoms with Crippen LogP contribution in [0.4, 0.5) is 5.00 Å². The van der Waals surface area contributed by atoms with Gasteiger partial charge < -0.3 is 15.5 Å². The molecule has 0 aromatic carbocycles. The maximum atomic E-state index is 4.36. The van der Waals surface area contributed by atoms with Gasteiger partial charge in [-0.2, -0.15) is 0 Å². The minimum Gasteiger partial charge on any atom is -0.363 e. The van der Waals surface area contributed by atoms with Crippen molar-refractivity contribution in [3.8, 4) is 0 Å². The van der Waals surface area contributed by atoms with E-state index in [0.717, 1.165) is 38.4 Å². The summed E-state index contributed by atoms with van der Waals surface area (Å²) in [5.74, 6) is 0.908. The molecule has 2 N–H and O–H groups in total. The molecule has 0 radical (unpaired) electrons. The van der Waals surface area contributed by atoms with E-state index in [9.17, 15) is 0 Å². The number of rotatable bonds is 4. The van der Waals surface area contributed by atoms with Crippen LogP contribution < -0.4 is 15.5 Å². The van der Waals surface area contributed by atoms with Crippen molar-refractivity contribution >= 4 is 57.6 Å². The van der Waals surface area contributed by atoms with E-state index in [4.69, 9.17) is 0 Å². The molecule has 1 saturated heterocycles.